The van der Waals surface area contributed by atoms with E-state index in [-0.39, 0.29) is 11.8 Å². The van der Waals surface area contributed by atoms with Crippen LogP contribution in [0, 0.1) is 5.92 Å². The zero-order valence-electron chi connectivity index (χ0n) is 16.5. The third-order valence-electron chi connectivity index (χ3n) is 5.39. The zero-order valence-corrected chi connectivity index (χ0v) is 16.5. The molecule has 1 aliphatic rings. The molecule has 1 saturated heterocycles. The molecular weight excluding hydrogens is 360 g/mol. The van der Waals surface area contributed by atoms with E-state index in [1.165, 1.54) is 5.56 Å². The summed E-state index contributed by atoms with van der Waals surface area (Å²) in [4.78, 5) is 14.8. The van der Waals surface area contributed by atoms with E-state index in [4.69, 9.17) is 0 Å². The molecule has 1 fully saturated rings. The largest absolute Gasteiger partial charge is 0.355 e. The lowest BCUT2D eigenvalue weighted by molar-refractivity contribution is -0.125. The van der Waals surface area contributed by atoms with Gasteiger partial charge in [-0.05, 0) is 37.0 Å². The Hall–Kier alpha value is -3.21. The van der Waals surface area contributed by atoms with E-state index in [0.29, 0.717) is 13.1 Å². The second kappa shape index (κ2) is 9.32. The van der Waals surface area contributed by atoms with Gasteiger partial charge in [-0.15, -0.1) is 10.2 Å². The van der Waals surface area contributed by atoms with E-state index < -0.39 is 0 Å². The Morgan fingerprint density at radius 2 is 1.72 bits per heavy atom. The zero-order chi connectivity index (χ0) is 19.9. The van der Waals surface area contributed by atoms with Crippen LogP contribution >= 0.6 is 0 Å². The molecule has 1 N–H and O–H groups in total. The number of benzene rings is 2. The molecule has 4 rings (SSSR count). The predicted molar refractivity (Wildman–Crippen MR) is 116 cm³/mol. The fourth-order valence-electron chi connectivity index (χ4n) is 3.78. The number of nitrogens with one attached hydrogen (secondary N) is 1. The number of nitrogens with zero attached hydrogens (tertiary/aromatic N) is 3. The molecule has 148 valence electrons. The number of anilines is 1. The molecular formula is C24H26N4O. The van der Waals surface area contributed by atoms with Gasteiger partial charge in [0, 0.05) is 25.2 Å². The van der Waals surface area contributed by atoms with Crippen LogP contribution in [-0.4, -0.2) is 35.7 Å². The van der Waals surface area contributed by atoms with Crippen LogP contribution in [0.15, 0.2) is 72.8 Å². The predicted octanol–water partition coefficient (Wildman–Crippen LogP) is 3.72. The molecule has 0 spiro atoms. The van der Waals surface area contributed by atoms with E-state index in [9.17, 15) is 4.79 Å². The lowest BCUT2D eigenvalue weighted by atomic mass is 9.97. The van der Waals surface area contributed by atoms with Crippen LogP contribution in [0.25, 0.3) is 11.3 Å². The summed E-state index contributed by atoms with van der Waals surface area (Å²) in [6.07, 6.45) is 2.76. The fraction of sp³-hybridized carbons (Fsp3) is 0.292. The molecule has 2 aromatic carbocycles. The Bertz CT molecular complexity index is 913. The standard InChI is InChI=1S/C24H26N4O/c29-24(25-16-15-19-8-3-1-4-9-19)21-12-7-17-28(18-21)23-14-13-22(26-27-23)20-10-5-2-6-11-20/h1-6,8-11,13-14,21H,7,12,15-18H2,(H,25,29)/t21-/m0/s1. The van der Waals surface area contributed by atoms with Crippen LogP contribution in [0.1, 0.15) is 18.4 Å². The van der Waals surface area contributed by atoms with Crippen molar-refractivity contribution in [3.8, 4) is 11.3 Å². The minimum absolute atomic E-state index is 0.00452. The monoisotopic (exact) mass is 386 g/mol. The average molecular weight is 386 g/mol. The van der Waals surface area contributed by atoms with Gasteiger partial charge in [0.15, 0.2) is 5.82 Å². The molecule has 0 saturated carbocycles. The third-order valence-corrected chi connectivity index (χ3v) is 5.39. The highest BCUT2D eigenvalue weighted by atomic mass is 16.1. The van der Waals surface area contributed by atoms with Crippen molar-refractivity contribution < 1.29 is 4.79 Å². The third kappa shape index (κ3) is 4.99. The van der Waals surface area contributed by atoms with Crippen LogP contribution in [0.3, 0.4) is 0 Å². The molecule has 29 heavy (non-hydrogen) atoms. The summed E-state index contributed by atoms with van der Waals surface area (Å²) >= 11 is 0. The lowest BCUT2D eigenvalue weighted by Gasteiger charge is -2.32. The molecule has 1 atom stereocenters. The highest BCUT2D eigenvalue weighted by Crippen LogP contribution is 2.23. The van der Waals surface area contributed by atoms with Crippen molar-refractivity contribution in [1.29, 1.82) is 0 Å². The summed E-state index contributed by atoms with van der Waals surface area (Å²) in [7, 11) is 0. The average Bonchev–Trinajstić information content (AvgIpc) is 2.80. The quantitative estimate of drug-likeness (QED) is 0.701. The van der Waals surface area contributed by atoms with E-state index in [0.717, 1.165) is 42.9 Å². The van der Waals surface area contributed by atoms with Gasteiger partial charge in [-0.25, -0.2) is 0 Å². The van der Waals surface area contributed by atoms with Gasteiger partial charge in [0.25, 0.3) is 0 Å². The molecule has 1 aliphatic heterocycles. The van der Waals surface area contributed by atoms with Crippen molar-refractivity contribution in [3.05, 3.63) is 78.4 Å². The second-order valence-electron chi connectivity index (χ2n) is 7.45. The van der Waals surface area contributed by atoms with Crippen molar-refractivity contribution in [2.75, 3.05) is 24.5 Å². The summed E-state index contributed by atoms with van der Waals surface area (Å²) in [5, 5.41) is 11.9. The maximum Gasteiger partial charge on any atom is 0.224 e. The minimum atomic E-state index is -0.00452. The number of hydrogen-bond donors (Lipinski definition) is 1. The smallest absolute Gasteiger partial charge is 0.224 e. The maximum atomic E-state index is 12.6. The fourth-order valence-corrected chi connectivity index (χ4v) is 3.78. The van der Waals surface area contributed by atoms with Gasteiger partial charge in [-0.1, -0.05) is 60.7 Å². The first-order valence-corrected chi connectivity index (χ1v) is 10.3. The maximum absolute atomic E-state index is 12.6. The van der Waals surface area contributed by atoms with Crippen LogP contribution in [-0.2, 0) is 11.2 Å². The van der Waals surface area contributed by atoms with Crippen molar-refractivity contribution in [2.24, 2.45) is 5.92 Å². The van der Waals surface area contributed by atoms with Gasteiger partial charge in [0.1, 0.15) is 0 Å². The van der Waals surface area contributed by atoms with E-state index >= 15 is 0 Å². The number of carbonyl (C=O) groups is 1. The first-order chi connectivity index (χ1) is 14.3. The minimum Gasteiger partial charge on any atom is -0.355 e. The summed E-state index contributed by atoms with van der Waals surface area (Å²) in [6, 6.07) is 24.3. The van der Waals surface area contributed by atoms with Crippen LogP contribution in [0.4, 0.5) is 5.82 Å². The highest BCUT2D eigenvalue weighted by molar-refractivity contribution is 5.79. The van der Waals surface area contributed by atoms with Gasteiger partial charge in [0.05, 0.1) is 11.6 Å². The van der Waals surface area contributed by atoms with Gasteiger partial charge >= 0.3 is 0 Å². The van der Waals surface area contributed by atoms with Crippen molar-refractivity contribution in [2.45, 2.75) is 19.3 Å². The number of piperidine rings is 1. The summed E-state index contributed by atoms with van der Waals surface area (Å²) in [5.41, 5.74) is 3.16. The Labute approximate surface area is 171 Å². The number of aromatic nitrogens is 2. The van der Waals surface area contributed by atoms with Gasteiger partial charge < -0.3 is 10.2 Å². The molecule has 5 nitrogen and oxygen atoms in total. The number of hydrogen-bond acceptors (Lipinski definition) is 4. The van der Waals surface area contributed by atoms with Gasteiger partial charge in [-0.2, -0.15) is 0 Å². The van der Waals surface area contributed by atoms with Crippen molar-refractivity contribution >= 4 is 11.7 Å². The molecule has 0 radical (unpaired) electrons. The van der Waals surface area contributed by atoms with E-state index in [1.807, 2.05) is 60.7 Å². The first-order valence-electron chi connectivity index (χ1n) is 10.3. The SMILES string of the molecule is O=C(NCCc1ccccc1)[C@H]1CCCN(c2ccc(-c3ccccc3)nn2)C1. The highest BCUT2D eigenvalue weighted by Gasteiger charge is 2.26. The van der Waals surface area contributed by atoms with Crippen LogP contribution < -0.4 is 10.2 Å². The molecule has 5 heteroatoms. The Balaban J connectivity index is 1.32. The topological polar surface area (TPSA) is 58.1 Å². The molecule has 1 aromatic heterocycles. The Morgan fingerprint density at radius 1 is 0.966 bits per heavy atom. The normalized spacial score (nSPS) is 16.4. The summed E-state index contributed by atoms with van der Waals surface area (Å²) in [6.45, 7) is 2.27. The van der Waals surface area contributed by atoms with E-state index in [1.54, 1.807) is 0 Å². The molecule has 0 unspecified atom stereocenters. The number of carbonyl (C=O) groups excluding carboxylic acids is 1. The van der Waals surface area contributed by atoms with Crippen molar-refractivity contribution in [3.63, 3.8) is 0 Å². The number of rotatable bonds is 6. The number of amides is 1. The first kappa shape index (κ1) is 19.1. The van der Waals surface area contributed by atoms with Crippen molar-refractivity contribution in [1.82, 2.24) is 15.5 Å². The summed E-state index contributed by atoms with van der Waals surface area (Å²) in [5.74, 6) is 0.973. The molecule has 0 bridgehead atoms. The molecule has 0 aliphatic carbocycles. The lowest BCUT2D eigenvalue weighted by Crippen LogP contribution is -2.43. The Kier molecular flexibility index (Phi) is 6.15. The Morgan fingerprint density at radius 3 is 2.45 bits per heavy atom. The summed E-state index contributed by atoms with van der Waals surface area (Å²) < 4.78 is 0. The molecule has 2 heterocycles. The van der Waals surface area contributed by atoms with Gasteiger partial charge in [0.2, 0.25) is 5.91 Å². The van der Waals surface area contributed by atoms with Gasteiger partial charge in [-0.3, -0.25) is 4.79 Å². The second-order valence-corrected chi connectivity index (χ2v) is 7.45. The molecule has 3 aromatic rings. The van der Waals surface area contributed by atoms with Crippen LogP contribution in [0.5, 0.6) is 0 Å². The van der Waals surface area contributed by atoms with E-state index in [2.05, 4.69) is 32.5 Å². The molecule has 1 amide bonds. The van der Waals surface area contributed by atoms with Crippen LogP contribution in [0.2, 0.25) is 0 Å².